The molecule has 0 N–H and O–H groups in total. The summed E-state index contributed by atoms with van der Waals surface area (Å²) < 4.78 is 2.03. The second kappa shape index (κ2) is 6.20. The Hall–Kier alpha value is -2.48. The molecule has 0 radical (unpaired) electrons. The van der Waals surface area contributed by atoms with Crippen molar-refractivity contribution in [2.45, 2.75) is 13.5 Å². The molecule has 1 aliphatic heterocycles. The highest BCUT2D eigenvalue weighted by atomic mass is 35.5. The summed E-state index contributed by atoms with van der Waals surface area (Å²) in [6.45, 7) is 6.22. The lowest BCUT2D eigenvalue weighted by atomic mass is 10.3. The SMILES string of the molecule is CCn1cnc2c(N3CCN(c4ncc(Cl)cn4)CC3)ncnc21. The molecule has 0 unspecified atom stereocenters. The van der Waals surface area contributed by atoms with Crippen molar-refractivity contribution in [2.24, 2.45) is 0 Å². The van der Waals surface area contributed by atoms with Crippen molar-refractivity contribution in [2.75, 3.05) is 36.0 Å². The summed E-state index contributed by atoms with van der Waals surface area (Å²) in [4.78, 5) is 26.3. The number of anilines is 2. The van der Waals surface area contributed by atoms with Gasteiger partial charge < -0.3 is 14.4 Å². The molecule has 0 spiro atoms. The number of hydrogen-bond acceptors (Lipinski definition) is 7. The van der Waals surface area contributed by atoms with E-state index in [2.05, 4.69) is 41.6 Å². The van der Waals surface area contributed by atoms with Gasteiger partial charge in [0.1, 0.15) is 6.33 Å². The number of halogens is 1. The third-order valence-electron chi connectivity index (χ3n) is 4.19. The van der Waals surface area contributed by atoms with E-state index in [9.17, 15) is 0 Å². The maximum Gasteiger partial charge on any atom is 0.225 e. The Bertz CT molecular complexity index is 838. The molecule has 0 saturated carbocycles. The summed E-state index contributed by atoms with van der Waals surface area (Å²) in [7, 11) is 0. The van der Waals surface area contributed by atoms with Gasteiger partial charge >= 0.3 is 0 Å². The molecular weight excluding hydrogens is 328 g/mol. The minimum absolute atomic E-state index is 0.548. The van der Waals surface area contributed by atoms with E-state index in [1.54, 1.807) is 18.7 Å². The standard InChI is InChI=1S/C15H17ClN8/c1-2-22-10-21-12-13(22)19-9-20-14(12)23-3-5-24(6-4-23)15-17-7-11(16)8-18-15/h7-10H,2-6H2,1H3. The van der Waals surface area contributed by atoms with Gasteiger partial charge in [-0.3, -0.25) is 0 Å². The monoisotopic (exact) mass is 344 g/mol. The smallest absolute Gasteiger partial charge is 0.225 e. The first-order chi connectivity index (χ1) is 11.8. The number of imidazole rings is 1. The number of hydrogen-bond donors (Lipinski definition) is 0. The third kappa shape index (κ3) is 2.62. The molecule has 4 heterocycles. The first-order valence-corrected chi connectivity index (χ1v) is 8.27. The molecule has 1 fully saturated rings. The molecule has 1 saturated heterocycles. The van der Waals surface area contributed by atoms with Crippen LogP contribution >= 0.6 is 11.6 Å². The van der Waals surface area contributed by atoms with Gasteiger partial charge in [0.2, 0.25) is 5.95 Å². The third-order valence-corrected chi connectivity index (χ3v) is 4.39. The van der Waals surface area contributed by atoms with Gasteiger partial charge in [0.25, 0.3) is 0 Å². The van der Waals surface area contributed by atoms with E-state index in [1.165, 1.54) is 0 Å². The fraction of sp³-hybridized carbons (Fsp3) is 0.400. The van der Waals surface area contributed by atoms with Gasteiger partial charge in [0, 0.05) is 32.7 Å². The Balaban J connectivity index is 1.54. The van der Waals surface area contributed by atoms with Crippen molar-refractivity contribution in [3.63, 3.8) is 0 Å². The van der Waals surface area contributed by atoms with Crippen LogP contribution in [0.3, 0.4) is 0 Å². The Labute approximate surface area is 144 Å². The zero-order valence-corrected chi connectivity index (χ0v) is 14.1. The quantitative estimate of drug-likeness (QED) is 0.714. The van der Waals surface area contributed by atoms with Crippen LogP contribution in [0, 0.1) is 0 Å². The lowest BCUT2D eigenvalue weighted by Gasteiger charge is -2.35. The highest BCUT2D eigenvalue weighted by molar-refractivity contribution is 6.30. The fourth-order valence-electron chi connectivity index (χ4n) is 2.92. The van der Waals surface area contributed by atoms with E-state index in [-0.39, 0.29) is 0 Å². The van der Waals surface area contributed by atoms with Crippen molar-refractivity contribution in [3.8, 4) is 0 Å². The number of rotatable bonds is 3. The summed E-state index contributed by atoms with van der Waals surface area (Å²) in [5.74, 6) is 1.60. The largest absolute Gasteiger partial charge is 0.351 e. The lowest BCUT2D eigenvalue weighted by molar-refractivity contribution is 0.635. The van der Waals surface area contributed by atoms with Crippen LogP contribution in [-0.2, 0) is 6.54 Å². The van der Waals surface area contributed by atoms with Gasteiger partial charge in [-0.25, -0.2) is 24.9 Å². The van der Waals surface area contributed by atoms with Crippen molar-refractivity contribution in [3.05, 3.63) is 30.1 Å². The van der Waals surface area contributed by atoms with Crippen LogP contribution in [0.2, 0.25) is 5.02 Å². The van der Waals surface area contributed by atoms with Crippen LogP contribution in [0.15, 0.2) is 25.0 Å². The van der Waals surface area contributed by atoms with Crippen molar-refractivity contribution in [1.29, 1.82) is 0 Å². The van der Waals surface area contributed by atoms with E-state index in [4.69, 9.17) is 11.6 Å². The van der Waals surface area contributed by atoms with Crippen LogP contribution in [0.5, 0.6) is 0 Å². The Morgan fingerprint density at radius 2 is 1.67 bits per heavy atom. The molecule has 0 aliphatic carbocycles. The maximum atomic E-state index is 5.85. The molecule has 1 aliphatic rings. The zero-order chi connectivity index (χ0) is 16.5. The van der Waals surface area contributed by atoms with Crippen molar-refractivity contribution in [1.82, 2.24) is 29.5 Å². The van der Waals surface area contributed by atoms with Crippen LogP contribution in [0.4, 0.5) is 11.8 Å². The second-order valence-corrected chi connectivity index (χ2v) is 6.01. The molecule has 0 atom stereocenters. The van der Waals surface area contributed by atoms with Gasteiger partial charge in [0.15, 0.2) is 17.0 Å². The average Bonchev–Trinajstić information content (AvgIpc) is 3.06. The molecule has 124 valence electrons. The van der Waals surface area contributed by atoms with Gasteiger partial charge in [0.05, 0.1) is 23.7 Å². The van der Waals surface area contributed by atoms with E-state index in [0.717, 1.165) is 49.7 Å². The van der Waals surface area contributed by atoms with Crippen LogP contribution in [-0.4, -0.2) is 55.7 Å². The van der Waals surface area contributed by atoms with Crippen LogP contribution < -0.4 is 9.80 Å². The van der Waals surface area contributed by atoms with E-state index >= 15 is 0 Å². The van der Waals surface area contributed by atoms with Crippen molar-refractivity contribution < 1.29 is 0 Å². The molecule has 9 heteroatoms. The molecule has 0 aromatic carbocycles. The predicted molar refractivity (Wildman–Crippen MR) is 92.5 cm³/mol. The van der Waals surface area contributed by atoms with Crippen LogP contribution in [0.25, 0.3) is 11.2 Å². The average molecular weight is 345 g/mol. The number of nitrogens with zero attached hydrogens (tertiary/aromatic N) is 8. The van der Waals surface area contributed by atoms with Crippen molar-refractivity contribution >= 4 is 34.5 Å². The van der Waals surface area contributed by atoms with E-state index in [0.29, 0.717) is 11.0 Å². The highest BCUT2D eigenvalue weighted by Gasteiger charge is 2.22. The van der Waals surface area contributed by atoms with E-state index < -0.39 is 0 Å². The highest BCUT2D eigenvalue weighted by Crippen LogP contribution is 2.23. The van der Waals surface area contributed by atoms with Gasteiger partial charge in [-0.15, -0.1) is 0 Å². The number of aromatic nitrogens is 6. The molecule has 0 amide bonds. The normalized spacial score (nSPS) is 15.2. The fourth-order valence-corrected chi connectivity index (χ4v) is 3.02. The molecule has 0 bridgehead atoms. The maximum absolute atomic E-state index is 5.85. The number of piperazine rings is 1. The number of fused-ring (bicyclic) bond motifs is 1. The first-order valence-electron chi connectivity index (χ1n) is 7.89. The predicted octanol–water partition coefficient (Wildman–Crippen LogP) is 1.62. The minimum Gasteiger partial charge on any atom is -0.351 e. The molecule has 3 aromatic rings. The second-order valence-electron chi connectivity index (χ2n) is 5.58. The molecule has 4 rings (SSSR count). The Morgan fingerprint density at radius 3 is 2.38 bits per heavy atom. The number of aryl methyl sites for hydroxylation is 1. The molecule has 24 heavy (non-hydrogen) atoms. The summed E-state index contributed by atoms with van der Waals surface area (Å²) in [5.41, 5.74) is 1.74. The van der Waals surface area contributed by atoms with E-state index in [1.807, 2.05) is 10.9 Å². The summed E-state index contributed by atoms with van der Waals surface area (Å²) in [5, 5.41) is 0.548. The zero-order valence-electron chi connectivity index (χ0n) is 13.3. The molecule has 3 aromatic heterocycles. The first kappa shape index (κ1) is 15.1. The van der Waals surface area contributed by atoms with Gasteiger partial charge in [-0.05, 0) is 6.92 Å². The lowest BCUT2D eigenvalue weighted by Crippen LogP contribution is -2.47. The Morgan fingerprint density at radius 1 is 0.958 bits per heavy atom. The topological polar surface area (TPSA) is 75.9 Å². The summed E-state index contributed by atoms with van der Waals surface area (Å²) in [6.07, 6.45) is 6.68. The summed E-state index contributed by atoms with van der Waals surface area (Å²) >= 11 is 5.85. The Kier molecular flexibility index (Phi) is 3.89. The van der Waals surface area contributed by atoms with Gasteiger partial charge in [-0.2, -0.15) is 0 Å². The van der Waals surface area contributed by atoms with Crippen LogP contribution in [0.1, 0.15) is 6.92 Å². The summed E-state index contributed by atoms with van der Waals surface area (Å²) in [6, 6.07) is 0. The van der Waals surface area contributed by atoms with Gasteiger partial charge in [-0.1, -0.05) is 11.6 Å². The molecular formula is C15H17ClN8. The minimum atomic E-state index is 0.548. The molecule has 8 nitrogen and oxygen atoms in total.